The van der Waals surface area contributed by atoms with Crippen molar-refractivity contribution >= 4 is 0 Å². The summed E-state index contributed by atoms with van der Waals surface area (Å²) in [5, 5.41) is 3.77. The standard InChI is InChI=1S/C18H34N2/c1-19-17(15-16-9-3-4-10-16)18(11-5-6-12-18)20-13-7-2-8-14-20/h16-17,19H,2-15H2,1H3. The topological polar surface area (TPSA) is 15.3 Å². The van der Waals surface area contributed by atoms with Gasteiger partial charge in [-0.1, -0.05) is 44.9 Å². The summed E-state index contributed by atoms with van der Waals surface area (Å²) in [6.45, 7) is 2.73. The molecule has 0 amide bonds. The van der Waals surface area contributed by atoms with Gasteiger partial charge in [0.15, 0.2) is 0 Å². The molecule has 1 heterocycles. The van der Waals surface area contributed by atoms with Crippen LogP contribution in [0.4, 0.5) is 0 Å². The molecule has 1 saturated heterocycles. The third-order valence-electron chi connectivity index (χ3n) is 6.50. The maximum Gasteiger partial charge on any atom is 0.0362 e. The fourth-order valence-electron chi connectivity index (χ4n) is 5.40. The van der Waals surface area contributed by atoms with Gasteiger partial charge in [-0.3, -0.25) is 4.90 Å². The first kappa shape index (κ1) is 14.8. The normalized spacial score (nSPS) is 29.9. The molecule has 0 bridgehead atoms. The van der Waals surface area contributed by atoms with E-state index >= 15 is 0 Å². The summed E-state index contributed by atoms with van der Waals surface area (Å²) < 4.78 is 0. The smallest absolute Gasteiger partial charge is 0.0362 e. The number of likely N-dealkylation sites (N-methyl/N-ethyl adjacent to an activating group) is 1. The summed E-state index contributed by atoms with van der Waals surface area (Å²) in [4.78, 5) is 2.90. The largest absolute Gasteiger partial charge is 0.315 e. The molecule has 2 saturated carbocycles. The van der Waals surface area contributed by atoms with E-state index < -0.39 is 0 Å². The lowest BCUT2D eigenvalue weighted by Crippen LogP contribution is -2.60. The number of hydrogen-bond acceptors (Lipinski definition) is 2. The highest BCUT2D eigenvalue weighted by molar-refractivity contribution is 5.04. The quantitative estimate of drug-likeness (QED) is 0.819. The first-order chi connectivity index (χ1) is 9.85. The Morgan fingerprint density at radius 2 is 1.60 bits per heavy atom. The molecule has 0 spiro atoms. The third-order valence-corrected chi connectivity index (χ3v) is 6.50. The molecule has 2 aliphatic carbocycles. The molecule has 3 fully saturated rings. The number of rotatable bonds is 5. The Balaban J connectivity index is 1.72. The van der Waals surface area contributed by atoms with Crippen LogP contribution in [0.5, 0.6) is 0 Å². The van der Waals surface area contributed by atoms with E-state index in [4.69, 9.17) is 0 Å². The van der Waals surface area contributed by atoms with Crippen LogP contribution in [0, 0.1) is 5.92 Å². The van der Waals surface area contributed by atoms with Crippen molar-refractivity contribution in [2.24, 2.45) is 5.92 Å². The van der Waals surface area contributed by atoms with Crippen LogP contribution in [0.15, 0.2) is 0 Å². The van der Waals surface area contributed by atoms with Crippen molar-refractivity contribution in [3.8, 4) is 0 Å². The Labute approximate surface area is 125 Å². The minimum atomic E-state index is 0.512. The number of nitrogens with one attached hydrogen (secondary N) is 1. The van der Waals surface area contributed by atoms with E-state index in [1.54, 1.807) is 0 Å². The van der Waals surface area contributed by atoms with Crippen LogP contribution in [-0.2, 0) is 0 Å². The predicted molar refractivity (Wildman–Crippen MR) is 86.0 cm³/mol. The molecule has 1 atom stereocenters. The Kier molecular flexibility index (Phi) is 5.04. The Morgan fingerprint density at radius 3 is 2.20 bits per heavy atom. The zero-order valence-electron chi connectivity index (χ0n) is 13.5. The van der Waals surface area contributed by atoms with E-state index in [-0.39, 0.29) is 0 Å². The van der Waals surface area contributed by atoms with Gasteiger partial charge in [-0.15, -0.1) is 0 Å². The summed E-state index contributed by atoms with van der Waals surface area (Å²) in [6.07, 6.45) is 17.5. The third kappa shape index (κ3) is 2.92. The van der Waals surface area contributed by atoms with Gasteiger partial charge in [0, 0.05) is 11.6 Å². The zero-order valence-corrected chi connectivity index (χ0v) is 13.5. The molecule has 3 rings (SSSR count). The number of hydrogen-bond donors (Lipinski definition) is 1. The number of piperidine rings is 1. The molecule has 1 aliphatic heterocycles. The first-order valence-corrected chi connectivity index (χ1v) is 9.27. The number of nitrogens with zero attached hydrogens (tertiary/aromatic N) is 1. The minimum Gasteiger partial charge on any atom is -0.315 e. The highest BCUT2D eigenvalue weighted by Crippen LogP contribution is 2.42. The van der Waals surface area contributed by atoms with Crippen molar-refractivity contribution < 1.29 is 0 Å². The molecule has 0 aromatic carbocycles. The first-order valence-electron chi connectivity index (χ1n) is 9.27. The molecular weight excluding hydrogens is 244 g/mol. The lowest BCUT2D eigenvalue weighted by atomic mass is 9.79. The fourth-order valence-corrected chi connectivity index (χ4v) is 5.40. The average molecular weight is 278 g/mol. The lowest BCUT2D eigenvalue weighted by molar-refractivity contribution is 0.0313. The van der Waals surface area contributed by atoms with Crippen LogP contribution in [0.2, 0.25) is 0 Å². The Hall–Kier alpha value is -0.0800. The van der Waals surface area contributed by atoms with Crippen LogP contribution < -0.4 is 5.32 Å². The minimum absolute atomic E-state index is 0.512. The van der Waals surface area contributed by atoms with Gasteiger partial charge in [-0.25, -0.2) is 0 Å². The van der Waals surface area contributed by atoms with Crippen molar-refractivity contribution in [1.29, 1.82) is 0 Å². The van der Waals surface area contributed by atoms with Gasteiger partial charge in [-0.05, 0) is 58.2 Å². The molecule has 0 aromatic heterocycles. The van der Waals surface area contributed by atoms with Crippen molar-refractivity contribution in [1.82, 2.24) is 10.2 Å². The van der Waals surface area contributed by atoms with Crippen molar-refractivity contribution in [2.75, 3.05) is 20.1 Å². The Morgan fingerprint density at radius 1 is 0.950 bits per heavy atom. The van der Waals surface area contributed by atoms with E-state index in [9.17, 15) is 0 Å². The van der Waals surface area contributed by atoms with Gasteiger partial charge in [0.25, 0.3) is 0 Å². The van der Waals surface area contributed by atoms with Crippen LogP contribution in [-0.4, -0.2) is 36.6 Å². The second-order valence-electron chi connectivity index (χ2n) is 7.59. The molecule has 0 aromatic rings. The van der Waals surface area contributed by atoms with Gasteiger partial charge in [-0.2, -0.15) is 0 Å². The second-order valence-corrected chi connectivity index (χ2v) is 7.59. The van der Waals surface area contributed by atoms with E-state index in [1.165, 1.54) is 90.1 Å². The van der Waals surface area contributed by atoms with Gasteiger partial charge in [0.2, 0.25) is 0 Å². The van der Waals surface area contributed by atoms with Crippen molar-refractivity contribution in [3.63, 3.8) is 0 Å². The van der Waals surface area contributed by atoms with Crippen molar-refractivity contribution in [2.45, 2.75) is 88.6 Å². The predicted octanol–water partition coefficient (Wildman–Crippen LogP) is 3.95. The average Bonchev–Trinajstić information content (AvgIpc) is 3.18. The van der Waals surface area contributed by atoms with Crippen LogP contribution in [0.25, 0.3) is 0 Å². The molecule has 0 radical (unpaired) electrons. The van der Waals surface area contributed by atoms with Gasteiger partial charge >= 0.3 is 0 Å². The second kappa shape index (κ2) is 6.79. The molecule has 116 valence electrons. The van der Waals surface area contributed by atoms with Gasteiger partial charge < -0.3 is 5.32 Å². The van der Waals surface area contributed by atoms with E-state index in [0.717, 1.165) is 12.0 Å². The molecule has 20 heavy (non-hydrogen) atoms. The van der Waals surface area contributed by atoms with Crippen molar-refractivity contribution in [3.05, 3.63) is 0 Å². The lowest BCUT2D eigenvalue weighted by Gasteiger charge is -2.49. The van der Waals surface area contributed by atoms with Crippen LogP contribution in [0.3, 0.4) is 0 Å². The van der Waals surface area contributed by atoms with E-state index in [0.29, 0.717) is 5.54 Å². The highest BCUT2D eigenvalue weighted by Gasteiger charge is 2.46. The zero-order chi connectivity index (χ0) is 13.8. The molecule has 2 heteroatoms. The van der Waals surface area contributed by atoms with E-state index in [2.05, 4.69) is 17.3 Å². The monoisotopic (exact) mass is 278 g/mol. The van der Waals surface area contributed by atoms with E-state index in [1.807, 2.05) is 0 Å². The number of likely N-dealkylation sites (tertiary alicyclic amines) is 1. The van der Waals surface area contributed by atoms with Gasteiger partial charge in [0.05, 0.1) is 0 Å². The van der Waals surface area contributed by atoms with Gasteiger partial charge in [0.1, 0.15) is 0 Å². The highest BCUT2D eigenvalue weighted by atomic mass is 15.2. The molecular formula is C18H34N2. The summed E-state index contributed by atoms with van der Waals surface area (Å²) in [6, 6.07) is 0.742. The SMILES string of the molecule is CNC(CC1CCCC1)C1(N2CCCCC2)CCCC1. The van der Waals surface area contributed by atoms with Crippen LogP contribution in [0.1, 0.15) is 77.0 Å². The molecule has 3 aliphatic rings. The summed E-state index contributed by atoms with van der Waals surface area (Å²) >= 11 is 0. The maximum absolute atomic E-state index is 3.77. The molecule has 1 unspecified atom stereocenters. The summed E-state index contributed by atoms with van der Waals surface area (Å²) in [5.74, 6) is 1.01. The molecule has 2 nitrogen and oxygen atoms in total. The summed E-state index contributed by atoms with van der Waals surface area (Å²) in [7, 11) is 2.23. The summed E-state index contributed by atoms with van der Waals surface area (Å²) in [5.41, 5.74) is 0.512. The fraction of sp³-hybridized carbons (Fsp3) is 1.00. The maximum atomic E-state index is 3.77. The molecule has 1 N–H and O–H groups in total. The van der Waals surface area contributed by atoms with Crippen LogP contribution >= 0.6 is 0 Å². The Bertz CT molecular complexity index is 284.